The Bertz CT molecular complexity index is 519. The normalized spacial score (nSPS) is 11.4. The average Bonchev–Trinajstić information content (AvgIpc) is 2.23. The van der Waals surface area contributed by atoms with Crippen LogP contribution in [-0.2, 0) is 0 Å². The third-order valence-electron chi connectivity index (χ3n) is 2.83. The van der Waals surface area contributed by atoms with E-state index in [0.717, 1.165) is 0 Å². The summed E-state index contributed by atoms with van der Waals surface area (Å²) in [5.74, 6) is 0. The first-order valence-corrected chi connectivity index (χ1v) is 5.35. The molecule has 0 radical (unpaired) electrons. The predicted octanol–water partition coefficient (Wildman–Crippen LogP) is 4.49. The molecule has 0 saturated heterocycles. The van der Waals surface area contributed by atoms with Gasteiger partial charge >= 0.3 is 0 Å². The lowest BCUT2D eigenvalue weighted by Gasteiger charge is -2.06. The molecule has 0 saturated carbocycles. The SMILES string of the molecule is CC=Cc1ccc2ccc(C)cc2c1C. The summed E-state index contributed by atoms with van der Waals surface area (Å²) < 4.78 is 0. The molecule has 0 unspecified atom stereocenters. The number of hydrogen-bond acceptors (Lipinski definition) is 0. The summed E-state index contributed by atoms with van der Waals surface area (Å²) in [4.78, 5) is 0. The summed E-state index contributed by atoms with van der Waals surface area (Å²) in [6.07, 6.45) is 4.25. The summed E-state index contributed by atoms with van der Waals surface area (Å²) in [6, 6.07) is 11.0. The quantitative estimate of drug-likeness (QED) is 0.630. The molecular weight excluding hydrogens is 180 g/mol. The fourth-order valence-corrected chi connectivity index (χ4v) is 1.96. The Morgan fingerprint density at radius 2 is 1.73 bits per heavy atom. The van der Waals surface area contributed by atoms with E-state index in [1.165, 1.54) is 27.5 Å². The lowest BCUT2D eigenvalue weighted by molar-refractivity contribution is 1.45. The highest BCUT2D eigenvalue weighted by Gasteiger charge is 2.00. The van der Waals surface area contributed by atoms with Crippen LogP contribution >= 0.6 is 0 Å². The second-order valence-corrected chi connectivity index (χ2v) is 4.00. The second-order valence-electron chi connectivity index (χ2n) is 4.00. The van der Waals surface area contributed by atoms with Crippen molar-refractivity contribution < 1.29 is 0 Å². The molecule has 0 aliphatic carbocycles. The van der Waals surface area contributed by atoms with E-state index in [1.807, 2.05) is 0 Å². The van der Waals surface area contributed by atoms with Gasteiger partial charge in [-0.15, -0.1) is 0 Å². The van der Waals surface area contributed by atoms with Crippen molar-refractivity contribution in [3.63, 3.8) is 0 Å². The van der Waals surface area contributed by atoms with Gasteiger partial charge in [0, 0.05) is 0 Å². The van der Waals surface area contributed by atoms with E-state index in [0.29, 0.717) is 0 Å². The van der Waals surface area contributed by atoms with Gasteiger partial charge in [-0.05, 0) is 42.7 Å². The Hall–Kier alpha value is -1.56. The number of benzene rings is 2. The van der Waals surface area contributed by atoms with E-state index in [9.17, 15) is 0 Å². The van der Waals surface area contributed by atoms with Gasteiger partial charge in [-0.25, -0.2) is 0 Å². The van der Waals surface area contributed by atoms with E-state index in [2.05, 4.69) is 63.3 Å². The lowest BCUT2D eigenvalue weighted by Crippen LogP contribution is -1.84. The van der Waals surface area contributed by atoms with Gasteiger partial charge in [0.2, 0.25) is 0 Å². The maximum atomic E-state index is 2.26. The van der Waals surface area contributed by atoms with Crippen LogP contribution in [0.25, 0.3) is 16.8 Å². The van der Waals surface area contributed by atoms with Crippen LogP contribution in [0.5, 0.6) is 0 Å². The third-order valence-corrected chi connectivity index (χ3v) is 2.83. The van der Waals surface area contributed by atoms with Crippen LogP contribution in [0.4, 0.5) is 0 Å². The van der Waals surface area contributed by atoms with Gasteiger partial charge in [-0.1, -0.05) is 48.0 Å². The Kier molecular flexibility index (Phi) is 2.59. The first kappa shape index (κ1) is 9.97. The monoisotopic (exact) mass is 196 g/mol. The summed E-state index contributed by atoms with van der Waals surface area (Å²) in [7, 11) is 0. The fraction of sp³-hybridized carbons (Fsp3) is 0.200. The topological polar surface area (TPSA) is 0 Å². The number of rotatable bonds is 1. The van der Waals surface area contributed by atoms with E-state index in [-0.39, 0.29) is 0 Å². The van der Waals surface area contributed by atoms with Crippen LogP contribution < -0.4 is 0 Å². The minimum Gasteiger partial charge on any atom is -0.0871 e. The molecular formula is C15H16. The van der Waals surface area contributed by atoms with E-state index >= 15 is 0 Å². The zero-order valence-electron chi connectivity index (χ0n) is 9.54. The van der Waals surface area contributed by atoms with Crippen molar-refractivity contribution in [3.8, 4) is 0 Å². The number of hydrogen-bond donors (Lipinski definition) is 0. The smallest absolute Gasteiger partial charge is 0.0146 e. The summed E-state index contributed by atoms with van der Waals surface area (Å²) >= 11 is 0. The molecule has 2 rings (SSSR count). The minimum absolute atomic E-state index is 1.32. The van der Waals surface area contributed by atoms with E-state index in [1.54, 1.807) is 0 Å². The number of aryl methyl sites for hydroxylation is 2. The molecule has 2 aromatic rings. The molecule has 0 bridgehead atoms. The number of fused-ring (bicyclic) bond motifs is 1. The molecule has 0 amide bonds. The van der Waals surface area contributed by atoms with Crippen LogP contribution in [0.15, 0.2) is 36.4 Å². The molecule has 0 aliphatic heterocycles. The molecule has 15 heavy (non-hydrogen) atoms. The molecule has 0 nitrogen and oxygen atoms in total. The molecule has 0 aliphatic rings. The lowest BCUT2D eigenvalue weighted by atomic mass is 9.98. The van der Waals surface area contributed by atoms with Gasteiger partial charge in [-0.2, -0.15) is 0 Å². The zero-order chi connectivity index (χ0) is 10.8. The van der Waals surface area contributed by atoms with Crippen molar-refractivity contribution in [1.82, 2.24) is 0 Å². The Labute approximate surface area is 91.2 Å². The van der Waals surface area contributed by atoms with Crippen molar-refractivity contribution in [2.45, 2.75) is 20.8 Å². The van der Waals surface area contributed by atoms with Crippen LogP contribution in [0.1, 0.15) is 23.6 Å². The Morgan fingerprint density at radius 3 is 2.47 bits per heavy atom. The van der Waals surface area contributed by atoms with Crippen LogP contribution in [0.3, 0.4) is 0 Å². The highest BCUT2D eigenvalue weighted by Crippen LogP contribution is 2.23. The van der Waals surface area contributed by atoms with E-state index in [4.69, 9.17) is 0 Å². The predicted molar refractivity (Wildman–Crippen MR) is 68.1 cm³/mol. The van der Waals surface area contributed by atoms with Gasteiger partial charge in [0.1, 0.15) is 0 Å². The van der Waals surface area contributed by atoms with Crippen LogP contribution in [0, 0.1) is 13.8 Å². The molecule has 0 aromatic heterocycles. The largest absolute Gasteiger partial charge is 0.0871 e. The summed E-state index contributed by atoms with van der Waals surface area (Å²) in [5.41, 5.74) is 4.01. The standard InChI is InChI=1S/C15H16/c1-4-5-13-8-9-14-7-6-11(2)10-15(14)12(13)3/h4-10H,1-3H3. The van der Waals surface area contributed by atoms with Gasteiger partial charge in [-0.3, -0.25) is 0 Å². The minimum atomic E-state index is 1.32. The third kappa shape index (κ3) is 1.80. The van der Waals surface area contributed by atoms with Crippen molar-refractivity contribution in [3.05, 3.63) is 53.1 Å². The summed E-state index contributed by atoms with van der Waals surface area (Å²) in [5, 5.41) is 2.69. The summed E-state index contributed by atoms with van der Waals surface area (Å²) in [6.45, 7) is 6.39. The van der Waals surface area contributed by atoms with E-state index < -0.39 is 0 Å². The Morgan fingerprint density at radius 1 is 1.00 bits per heavy atom. The molecule has 0 spiro atoms. The first-order chi connectivity index (χ1) is 7.22. The Balaban J connectivity index is 2.76. The molecule has 76 valence electrons. The van der Waals surface area contributed by atoms with Crippen molar-refractivity contribution >= 4 is 16.8 Å². The molecule has 0 atom stereocenters. The first-order valence-electron chi connectivity index (χ1n) is 5.35. The molecule has 2 aromatic carbocycles. The molecule has 0 fully saturated rings. The van der Waals surface area contributed by atoms with Gasteiger partial charge in [0.05, 0.1) is 0 Å². The second kappa shape index (κ2) is 3.90. The molecule has 0 heterocycles. The van der Waals surface area contributed by atoms with Crippen molar-refractivity contribution in [2.75, 3.05) is 0 Å². The fourth-order valence-electron chi connectivity index (χ4n) is 1.96. The maximum Gasteiger partial charge on any atom is -0.0146 e. The average molecular weight is 196 g/mol. The highest BCUT2D eigenvalue weighted by molar-refractivity contribution is 5.89. The molecule has 0 N–H and O–H groups in total. The highest BCUT2D eigenvalue weighted by atomic mass is 14.1. The zero-order valence-corrected chi connectivity index (χ0v) is 9.54. The van der Waals surface area contributed by atoms with Crippen LogP contribution in [-0.4, -0.2) is 0 Å². The maximum absolute atomic E-state index is 2.26. The van der Waals surface area contributed by atoms with Gasteiger partial charge in [0.25, 0.3) is 0 Å². The van der Waals surface area contributed by atoms with Crippen molar-refractivity contribution in [2.24, 2.45) is 0 Å². The molecule has 0 heteroatoms. The number of allylic oxidation sites excluding steroid dienone is 1. The van der Waals surface area contributed by atoms with Gasteiger partial charge in [0.15, 0.2) is 0 Å². The van der Waals surface area contributed by atoms with Gasteiger partial charge < -0.3 is 0 Å². The van der Waals surface area contributed by atoms with Crippen LogP contribution in [0.2, 0.25) is 0 Å². The van der Waals surface area contributed by atoms with Crippen molar-refractivity contribution in [1.29, 1.82) is 0 Å².